The van der Waals surface area contributed by atoms with E-state index in [4.69, 9.17) is 0 Å². The Morgan fingerprint density at radius 3 is 2.95 bits per heavy atom. The van der Waals surface area contributed by atoms with Crippen molar-refractivity contribution in [2.75, 3.05) is 0 Å². The minimum atomic E-state index is -0.0352. The Hall–Kier alpha value is -1.94. The van der Waals surface area contributed by atoms with Crippen molar-refractivity contribution in [2.45, 2.75) is 26.7 Å². The molecule has 0 aliphatic carbocycles. The zero-order valence-electron chi connectivity index (χ0n) is 11.6. The molecule has 0 saturated carbocycles. The van der Waals surface area contributed by atoms with Gasteiger partial charge in [-0.3, -0.25) is 4.79 Å². The van der Waals surface area contributed by atoms with Crippen LogP contribution in [0.1, 0.15) is 24.7 Å². The number of H-pyrrole nitrogens is 1. The molecular weight excluding hydrogens is 268 g/mol. The van der Waals surface area contributed by atoms with Crippen LogP contribution < -0.4 is 5.56 Å². The molecule has 0 fully saturated rings. The molecule has 0 aliphatic heterocycles. The zero-order chi connectivity index (χ0) is 14.1. The van der Waals surface area contributed by atoms with Crippen molar-refractivity contribution >= 4 is 21.4 Å². The number of aryl methyl sites for hydroxylation is 1. The van der Waals surface area contributed by atoms with Crippen LogP contribution >= 0.6 is 11.3 Å². The summed E-state index contributed by atoms with van der Waals surface area (Å²) < 4.78 is 1.19. The van der Waals surface area contributed by atoms with E-state index in [0.29, 0.717) is 5.56 Å². The van der Waals surface area contributed by atoms with Gasteiger partial charge in [-0.15, -0.1) is 11.3 Å². The van der Waals surface area contributed by atoms with Gasteiger partial charge in [-0.2, -0.15) is 0 Å². The van der Waals surface area contributed by atoms with Crippen molar-refractivity contribution in [1.29, 1.82) is 0 Å². The van der Waals surface area contributed by atoms with Gasteiger partial charge in [0.25, 0.3) is 5.56 Å². The van der Waals surface area contributed by atoms with Gasteiger partial charge in [0, 0.05) is 22.2 Å². The number of rotatable bonds is 3. The highest BCUT2D eigenvalue weighted by Gasteiger charge is 2.12. The number of thiophene rings is 1. The van der Waals surface area contributed by atoms with Crippen LogP contribution in [0.4, 0.5) is 0 Å². The lowest BCUT2D eigenvalue weighted by molar-refractivity contribution is 0.823. The highest BCUT2D eigenvalue weighted by atomic mass is 32.1. The fourth-order valence-corrected chi connectivity index (χ4v) is 3.29. The quantitative estimate of drug-likeness (QED) is 0.792. The van der Waals surface area contributed by atoms with Crippen molar-refractivity contribution in [3.63, 3.8) is 0 Å². The molecule has 0 unspecified atom stereocenters. The third kappa shape index (κ3) is 2.16. The predicted molar refractivity (Wildman–Crippen MR) is 84.4 cm³/mol. The van der Waals surface area contributed by atoms with E-state index < -0.39 is 0 Å². The van der Waals surface area contributed by atoms with Crippen molar-refractivity contribution < 1.29 is 0 Å². The average molecular weight is 284 g/mol. The molecule has 3 aromatic rings. The molecule has 0 amide bonds. The number of hydrogen-bond acceptors (Lipinski definition) is 3. The molecule has 0 atom stereocenters. The van der Waals surface area contributed by atoms with E-state index in [0.717, 1.165) is 29.9 Å². The molecule has 0 bridgehead atoms. The highest BCUT2D eigenvalue weighted by Crippen LogP contribution is 2.32. The number of aromatic nitrogens is 2. The Labute approximate surface area is 121 Å². The fraction of sp³-hybridized carbons (Fsp3) is 0.250. The second-order valence-corrected chi connectivity index (χ2v) is 5.80. The van der Waals surface area contributed by atoms with Crippen LogP contribution in [0.3, 0.4) is 0 Å². The van der Waals surface area contributed by atoms with Crippen molar-refractivity contribution in [1.82, 2.24) is 9.97 Å². The Balaban J connectivity index is 2.28. The number of nitrogens with one attached hydrogen (secondary N) is 1. The number of aromatic amines is 1. The van der Waals surface area contributed by atoms with Crippen LogP contribution in [0.2, 0.25) is 0 Å². The van der Waals surface area contributed by atoms with E-state index in [1.165, 1.54) is 10.1 Å². The Kier molecular flexibility index (Phi) is 3.40. The standard InChI is InChI=1S/C16H16N2OS/c1-3-5-13-17-14(10(2)16(19)18-13)12-7-4-6-11-8-9-20-15(11)12/h4,6-9H,3,5H2,1-2H3,(H,17,18,19). The first-order valence-corrected chi connectivity index (χ1v) is 7.65. The van der Waals surface area contributed by atoms with Gasteiger partial charge in [0.1, 0.15) is 5.82 Å². The molecule has 1 N–H and O–H groups in total. The summed E-state index contributed by atoms with van der Waals surface area (Å²) in [5.41, 5.74) is 2.52. The van der Waals surface area contributed by atoms with Crippen LogP contribution in [0, 0.1) is 6.92 Å². The molecule has 0 spiro atoms. The van der Waals surface area contributed by atoms with Crippen LogP contribution in [0.25, 0.3) is 21.3 Å². The lowest BCUT2D eigenvalue weighted by Gasteiger charge is -2.08. The van der Waals surface area contributed by atoms with Crippen molar-refractivity contribution in [3.05, 3.63) is 51.4 Å². The molecule has 2 heterocycles. The van der Waals surface area contributed by atoms with Crippen LogP contribution in [-0.2, 0) is 6.42 Å². The molecule has 4 heteroatoms. The molecule has 20 heavy (non-hydrogen) atoms. The number of hydrogen-bond donors (Lipinski definition) is 1. The minimum absolute atomic E-state index is 0.0352. The molecule has 3 nitrogen and oxygen atoms in total. The first-order valence-electron chi connectivity index (χ1n) is 6.77. The second-order valence-electron chi connectivity index (χ2n) is 4.88. The maximum Gasteiger partial charge on any atom is 0.254 e. The van der Waals surface area contributed by atoms with E-state index in [9.17, 15) is 4.79 Å². The summed E-state index contributed by atoms with van der Waals surface area (Å²) in [7, 11) is 0. The Morgan fingerprint density at radius 2 is 2.15 bits per heavy atom. The van der Waals surface area contributed by atoms with Crippen LogP contribution in [0.5, 0.6) is 0 Å². The zero-order valence-corrected chi connectivity index (χ0v) is 12.4. The largest absolute Gasteiger partial charge is 0.310 e. The first-order chi connectivity index (χ1) is 9.70. The summed E-state index contributed by atoms with van der Waals surface area (Å²) in [5.74, 6) is 0.770. The summed E-state index contributed by atoms with van der Waals surface area (Å²) in [4.78, 5) is 19.6. The van der Waals surface area contributed by atoms with Crippen LogP contribution in [-0.4, -0.2) is 9.97 Å². The molecule has 1 aromatic carbocycles. The summed E-state index contributed by atoms with van der Waals surface area (Å²) in [5, 5.41) is 3.27. The van der Waals surface area contributed by atoms with Crippen molar-refractivity contribution in [2.24, 2.45) is 0 Å². The summed E-state index contributed by atoms with van der Waals surface area (Å²) in [6.07, 6.45) is 1.76. The summed E-state index contributed by atoms with van der Waals surface area (Å²) in [6, 6.07) is 8.25. The molecular formula is C16H16N2OS. The molecule has 2 aromatic heterocycles. The molecule has 102 valence electrons. The van der Waals surface area contributed by atoms with Gasteiger partial charge in [-0.05, 0) is 30.2 Å². The minimum Gasteiger partial charge on any atom is -0.310 e. The van der Waals surface area contributed by atoms with Gasteiger partial charge >= 0.3 is 0 Å². The number of benzene rings is 1. The third-order valence-corrected chi connectivity index (χ3v) is 4.38. The maximum atomic E-state index is 12.1. The summed E-state index contributed by atoms with van der Waals surface area (Å²) >= 11 is 1.69. The predicted octanol–water partition coefficient (Wildman–Crippen LogP) is 3.91. The summed E-state index contributed by atoms with van der Waals surface area (Å²) in [6.45, 7) is 3.92. The number of fused-ring (bicyclic) bond motifs is 1. The molecule has 3 rings (SSSR count). The lowest BCUT2D eigenvalue weighted by Crippen LogP contribution is -2.16. The molecule has 0 aliphatic rings. The lowest BCUT2D eigenvalue weighted by atomic mass is 10.1. The normalized spacial score (nSPS) is 11.1. The Morgan fingerprint density at radius 1 is 1.30 bits per heavy atom. The first kappa shape index (κ1) is 13.1. The maximum absolute atomic E-state index is 12.1. The van der Waals surface area contributed by atoms with Gasteiger partial charge in [0.05, 0.1) is 5.69 Å². The van der Waals surface area contributed by atoms with Crippen LogP contribution in [0.15, 0.2) is 34.4 Å². The Bertz CT molecular complexity index is 817. The third-order valence-electron chi connectivity index (χ3n) is 3.42. The van der Waals surface area contributed by atoms with Crippen molar-refractivity contribution in [3.8, 4) is 11.3 Å². The van der Waals surface area contributed by atoms with E-state index in [1.54, 1.807) is 11.3 Å². The van der Waals surface area contributed by atoms with E-state index in [-0.39, 0.29) is 5.56 Å². The van der Waals surface area contributed by atoms with Gasteiger partial charge in [0.2, 0.25) is 0 Å². The topological polar surface area (TPSA) is 45.8 Å². The van der Waals surface area contributed by atoms with E-state index in [2.05, 4.69) is 34.4 Å². The fourth-order valence-electron chi connectivity index (χ4n) is 2.38. The van der Waals surface area contributed by atoms with E-state index in [1.807, 2.05) is 19.1 Å². The molecule has 0 saturated heterocycles. The molecule has 0 radical (unpaired) electrons. The van der Waals surface area contributed by atoms with Gasteiger partial charge in [-0.25, -0.2) is 4.98 Å². The SMILES string of the molecule is CCCc1nc(-c2cccc3ccsc23)c(C)c(=O)[nH]1. The van der Waals surface area contributed by atoms with E-state index >= 15 is 0 Å². The van der Waals surface area contributed by atoms with Gasteiger partial charge in [-0.1, -0.05) is 25.1 Å². The van der Waals surface area contributed by atoms with Gasteiger partial charge in [0.15, 0.2) is 0 Å². The van der Waals surface area contributed by atoms with Gasteiger partial charge < -0.3 is 4.98 Å². The highest BCUT2D eigenvalue weighted by molar-refractivity contribution is 7.17. The second kappa shape index (κ2) is 5.21. The smallest absolute Gasteiger partial charge is 0.254 e. The average Bonchev–Trinajstić information content (AvgIpc) is 2.91. The monoisotopic (exact) mass is 284 g/mol. The number of nitrogens with zero attached hydrogens (tertiary/aromatic N) is 1.